The van der Waals surface area contributed by atoms with Gasteiger partial charge in [0, 0.05) is 24.0 Å². The molecule has 0 aliphatic carbocycles. The van der Waals surface area contributed by atoms with Gasteiger partial charge in [0.05, 0.1) is 5.41 Å². The number of amides is 1. The number of piperidine rings is 1. The summed E-state index contributed by atoms with van der Waals surface area (Å²) >= 11 is 6.24. The minimum absolute atomic E-state index is 0.213. The van der Waals surface area contributed by atoms with Crippen molar-refractivity contribution in [3.63, 3.8) is 0 Å². The molecule has 4 rings (SSSR count). The number of nitrogens with zero attached hydrogens (tertiary/aromatic N) is 1. The largest absolute Gasteiger partial charge is 0.337 e. The van der Waals surface area contributed by atoms with Gasteiger partial charge in [-0.15, -0.1) is 0 Å². The summed E-state index contributed by atoms with van der Waals surface area (Å²) in [5, 5.41) is 4.15. The van der Waals surface area contributed by atoms with Crippen LogP contribution in [0.1, 0.15) is 29.9 Å². The number of rotatable bonds is 3. The average Bonchev–Trinajstić information content (AvgIpc) is 2.89. The molecule has 1 amide bonds. The van der Waals surface area contributed by atoms with E-state index in [0.717, 1.165) is 37.5 Å². The SMILES string of the molecule is O=C1N(Cc2ccccc2)CC(c2cccc(Cl)c2)C12CCNCC2. The maximum absolute atomic E-state index is 13.4. The van der Waals surface area contributed by atoms with Crippen molar-refractivity contribution >= 4 is 17.5 Å². The monoisotopic (exact) mass is 354 g/mol. The number of hydrogen-bond donors (Lipinski definition) is 1. The quantitative estimate of drug-likeness (QED) is 0.908. The van der Waals surface area contributed by atoms with E-state index in [1.165, 1.54) is 11.1 Å². The van der Waals surface area contributed by atoms with Crippen LogP contribution in [0.15, 0.2) is 54.6 Å². The number of hydrogen-bond acceptors (Lipinski definition) is 2. The van der Waals surface area contributed by atoms with Crippen molar-refractivity contribution in [2.45, 2.75) is 25.3 Å². The Morgan fingerprint density at radius 1 is 1.08 bits per heavy atom. The molecule has 1 atom stereocenters. The van der Waals surface area contributed by atoms with Crippen molar-refractivity contribution in [1.82, 2.24) is 10.2 Å². The van der Waals surface area contributed by atoms with Crippen LogP contribution in [0, 0.1) is 5.41 Å². The van der Waals surface area contributed by atoms with Crippen LogP contribution < -0.4 is 5.32 Å². The Balaban J connectivity index is 1.68. The molecule has 2 fully saturated rings. The smallest absolute Gasteiger partial charge is 0.229 e. The highest BCUT2D eigenvalue weighted by atomic mass is 35.5. The fraction of sp³-hybridized carbons (Fsp3) is 0.381. The molecule has 0 aromatic heterocycles. The summed E-state index contributed by atoms with van der Waals surface area (Å²) in [6.07, 6.45) is 1.79. The number of carbonyl (C=O) groups excluding carboxylic acids is 1. The van der Waals surface area contributed by atoms with E-state index in [0.29, 0.717) is 12.5 Å². The minimum atomic E-state index is -0.287. The van der Waals surface area contributed by atoms with Gasteiger partial charge in [0.1, 0.15) is 0 Å². The second kappa shape index (κ2) is 6.81. The molecule has 3 nitrogen and oxygen atoms in total. The molecule has 0 saturated carbocycles. The van der Waals surface area contributed by atoms with Gasteiger partial charge in [0.25, 0.3) is 0 Å². The molecule has 1 N–H and O–H groups in total. The molecule has 130 valence electrons. The first-order valence-electron chi connectivity index (χ1n) is 8.98. The molecular formula is C21H23ClN2O. The molecule has 25 heavy (non-hydrogen) atoms. The molecule has 2 aliphatic heterocycles. The molecular weight excluding hydrogens is 332 g/mol. The zero-order valence-corrected chi connectivity index (χ0v) is 15.0. The Labute approximate surface area is 154 Å². The zero-order valence-electron chi connectivity index (χ0n) is 14.2. The summed E-state index contributed by atoms with van der Waals surface area (Å²) in [5.74, 6) is 0.521. The van der Waals surface area contributed by atoms with Gasteiger partial charge >= 0.3 is 0 Å². The Morgan fingerprint density at radius 3 is 2.56 bits per heavy atom. The number of carbonyl (C=O) groups is 1. The molecule has 1 unspecified atom stereocenters. The van der Waals surface area contributed by atoms with E-state index in [2.05, 4.69) is 23.5 Å². The molecule has 0 bridgehead atoms. The Bertz CT molecular complexity index is 756. The van der Waals surface area contributed by atoms with Crippen molar-refractivity contribution in [1.29, 1.82) is 0 Å². The predicted molar refractivity (Wildman–Crippen MR) is 101 cm³/mol. The average molecular weight is 355 g/mol. The third kappa shape index (κ3) is 3.07. The van der Waals surface area contributed by atoms with Gasteiger partial charge in [-0.2, -0.15) is 0 Å². The molecule has 2 aliphatic rings. The van der Waals surface area contributed by atoms with Gasteiger partial charge in [-0.25, -0.2) is 0 Å². The van der Waals surface area contributed by atoms with E-state index in [1.54, 1.807) is 0 Å². The number of nitrogens with one attached hydrogen (secondary N) is 1. The molecule has 2 heterocycles. The summed E-state index contributed by atoms with van der Waals surface area (Å²) in [5.41, 5.74) is 2.09. The Morgan fingerprint density at radius 2 is 1.84 bits per heavy atom. The Kier molecular flexibility index (Phi) is 4.53. The molecule has 2 aromatic carbocycles. The highest BCUT2D eigenvalue weighted by molar-refractivity contribution is 6.30. The first-order valence-corrected chi connectivity index (χ1v) is 9.36. The molecule has 2 aromatic rings. The van der Waals surface area contributed by atoms with Gasteiger partial charge in [-0.05, 0) is 49.2 Å². The van der Waals surface area contributed by atoms with Crippen LogP contribution in [-0.4, -0.2) is 30.4 Å². The van der Waals surface area contributed by atoms with Crippen LogP contribution in [0.4, 0.5) is 0 Å². The highest BCUT2D eigenvalue weighted by Gasteiger charge is 2.54. The van der Waals surface area contributed by atoms with Crippen molar-refractivity contribution < 1.29 is 4.79 Å². The lowest BCUT2D eigenvalue weighted by molar-refractivity contribution is -0.138. The number of likely N-dealkylation sites (tertiary alicyclic amines) is 1. The standard InChI is InChI=1S/C21H23ClN2O/c22-18-8-4-7-17(13-18)19-15-24(14-16-5-2-1-3-6-16)20(25)21(19)9-11-23-12-10-21/h1-8,13,19,23H,9-12,14-15H2. The van der Waals surface area contributed by atoms with E-state index in [1.807, 2.05) is 41.3 Å². The lowest BCUT2D eigenvalue weighted by Crippen LogP contribution is -2.44. The van der Waals surface area contributed by atoms with Gasteiger partial charge in [0.15, 0.2) is 0 Å². The van der Waals surface area contributed by atoms with Gasteiger partial charge in [0.2, 0.25) is 5.91 Å². The lowest BCUT2D eigenvalue weighted by Gasteiger charge is -2.37. The summed E-state index contributed by atoms with van der Waals surface area (Å²) in [7, 11) is 0. The van der Waals surface area contributed by atoms with Crippen molar-refractivity contribution in [2.75, 3.05) is 19.6 Å². The maximum Gasteiger partial charge on any atom is 0.229 e. The second-order valence-corrected chi connectivity index (χ2v) is 7.62. The lowest BCUT2D eigenvalue weighted by atomic mass is 9.68. The summed E-state index contributed by atoms with van der Waals surface area (Å²) in [6.45, 7) is 3.27. The van der Waals surface area contributed by atoms with Crippen LogP contribution >= 0.6 is 11.6 Å². The normalized spacial score (nSPS) is 22.5. The molecule has 2 saturated heterocycles. The van der Waals surface area contributed by atoms with E-state index >= 15 is 0 Å². The highest BCUT2D eigenvalue weighted by Crippen LogP contribution is 2.50. The van der Waals surface area contributed by atoms with Crippen LogP contribution in [-0.2, 0) is 11.3 Å². The van der Waals surface area contributed by atoms with Crippen LogP contribution in [0.3, 0.4) is 0 Å². The van der Waals surface area contributed by atoms with E-state index in [4.69, 9.17) is 11.6 Å². The van der Waals surface area contributed by atoms with E-state index in [9.17, 15) is 4.79 Å². The number of halogens is 1. The minimum Gasteiger partial charge on any atom is -0.337 e. The van der Waals surface area contributed by atoms with Crippen LogP contribution in [0.2, 0.25) is 5.02 Å². The maximum atomic E-state index is 13.4. The fourth-order valence-electron chi connectivity index (χ4n) is 4.47. The zero-order chi connectivity index (χ0) is 17.3. The van der Waals surface area contributed by atoms with E-state index in [-0.39, 0.29) is 11.3 Å². The van der Waals surface area contributed by atoms with Gasteiger partial charge in [-0.3, -0.25) is 4.79 Å². The topological polar surface area (TPSA) is 32.3 Å². The van der Waals surface area contributed by atoms with Crippen LogP contribution in [0.25, 0.3) is 0 Å². The summed E-state index contributed by atoms with van der Waals surface area (Å²) in [4.78, 5) is 15.5. The molecule has 1 spiro atoms. The fourth-order valence-corrected chi connectivity index (χ4v) is 4.66. The van der Waals surface area contributed by atoms with Crippen LogP contribution in [0.5, 0.6) is 0 Å². The van der Waals surface area contributed by atoms with Gasteiger partial charge in [-0.1, -0.05) is 54.1 Å². The summed E-state index contributed by atoms with van der Waals surface area (Å²) < 4.78 is 0. The third-order valence-electron chi connectivity index (χ3n) is 5.75. The van der Waals surface area contributed by atoms with Crippen molar-refractivity contribution in [3.05, 3.63) is 70.7 Å². The second-order valence-electron chi connectivity index (χ2n) is 7.19. The summed E-state index contributed by atoms with van der Waals surface area (Å²) in [6, 6.07) is 18.3. The van der Waals surface area contributed by atoms with Crippen molar-refractivity contribution in [2.24, 2.45) is 5.41 Å². The van der Waals surface area contributed by atoms with Gasteiger partial charge < -0.3 is 10.2 Å². The molecule has 0 radical (unpaired) electrons. The predicted octanol–water partition coefficient (Wildman–Crippen LogP) is 3.84. The molecule has 4 heteroatoms. The first kappa shape index (κ1) is 16.6. The number of benzene rings is 2. The third-order valence-corrected chi connectivity index (χ3v) is 5.98. The van der Waals surface area contributed by atoms with E-state index < -0.39 is 0 Å². The first-order chi connectivity index (χ1) is 12.2. The van der Waals surface area contributed by atoms with Crippen molar-refractivity contribution in [3.8, 4) is 0 Å². The Hall–Kier alpha value is -1.84.